The van der Waals surface area contributed by atoms with Crippen molar-refractivity contribution in [3.05, 3.63) is 65.5 Å². The van der Waals surface area contributed by atoms with Crippen LogP contribution in [0.1, 0.15) is 69.9 Å². The standard InChI is InChI=1S/C32H42FN3O3/c1-24(2)20-31(38)36-18-9-5-3-4-8-17-35(22-26-10-6-7-11-29(26)36)32(39)27-21-30(37)34(23-27)19-16-25-12-14-28(33)15-13-25/h6-7,10-15,24,27H,3-5,8-9,16-23H2,1-2H3. The van der Waals surface area contributed by atoms with E-state index in [1.807, 2.05) is 34.1 Å². The first-order valence-electron chi connectivity index (χ1n) is 14.5. The highest BCUT2D eigenvalue weighted by Gasteiger charge is 2.36. The minimum Gasteiger partial charge on any atom is -0.342 e. The number of rotatable bonds is 6. The van der Waals surface area contributed by atoms with Gasteiger partial charge in [-0.05, 0) is 54.5 Å². The minimum atomic E-state index is -0.371. The second kappa shape index (κ2) is 13.7. The van der Waals surface area contributed by atoms with E-state index in [-0.39, 0.29) is 41.8 Å². The fraction of sp³-hybridized carbons (Fsp3) is 0.531. The number of hydrogen-bond donors (Lipinski definition) is 0. The first kappa shape index (κ1) is 28.8. The largest absolute Gasteiger partial charge is 0.342 e. The Bertz CT molecular complexity index is 1130. The van der Waals surface area contributed by atoms with Crippen LogP contribution < -0.4 is 4.90 Å². The molecule has 7 heteroatoms. The van der Waals surface area contributed by atoms with E-state index in [2.05, 4.69) is 13.8 Å². The summed E-state index contributed by atoms with van der Waals surface area (Å²) in [7, 11) is 0. The third-order valence-electron chi connectivity index (χ3n) is 7.80. The molecule has 1 atom stereocenters. The summed E-state index contributed by atoms with van der Waals surface area (Å²) in [6, 6.07) is 14.3. The number of benzene rings is 2. The highest BCUT2D eigenvalue weighted by Crippen LogP contribution is 2.28. The predicted octanol–water partition coefficient (Wildman–Crippen LogP) is 5.59. The molecule has 2 aromatic carbocycles. The maximum atomic E-state index is 13.8. The molecule has 0 bridgehead atoms. The maximum Gasteiger partial charge on any atom is 0.228 e. The number of likely N-dealkylation sites (tertiary alicyclic amines) is 1. The van der Waals surface area contributed by atoms with Gasteiger partial charge in [0.25, 0.3) is 0 Å². The van der Waals surface area contributed by atoms with Gasteiger partial charge in [-0.15, -0.1) is 0 Å². The van der Waals surface area contributed by atoms with Crippen molar-refractivity contribution in [2.24, 2.45) is 11.8 Å². The second-order valence-corrected chi connectivity index (χ2v) is 11.4. The van der Waals surface area contributed by atoms with E-state index in [0.29, 0.717) is 45.6 Å². The summed E-state index contributed by atoms with van der Waals surface area (Å²) in [6.07, 6.45) is 6.42. The fourth-order valence-corrected chi connectivity index (χ4v) is 5.65. The minimum absolute atomic E-state index is 0.00401. The molecule has 0 aromatic heterocycles. The van der Waals surface area contributed by atoms with Crippen molar-refractivity contribution >= 4 is 23.4 Å². The summed E-state index contributed by atoms with van der Waals surface area (Å²) in [5.74, 6) is -0.234. The lowest BCUT2D eigenvalue weighted by molar-refractivity contribution is -0.136. The summed E-state index contributed by atoms with van der Waals surface area (Å²) in [5, 5.41) is 0. The molecule has 3 amide bonds. The van der Waals surface area contributed by atoms with Crippen LogP contribution in [-0.4, -0.2) is 53.7 Å². The molecule has 6 nitrogen and oxygen atoms in total. The molecule has 39 heavy (non-hydrogen) atoms. The number of amides is 3. The average Bonchev–Trinajstić information content (AvgIpc) is 3.28. The topological polar surface area (TPSA) is 60.9 Å². The van der Waals surface area contributed by atoms with Crippen molar-refractivity contribution in [1.82, 2.24) is 9.80 Å². The van der Waals surface area contributed by atoms with Crippen LogP contribution in [0, 0.1) is 17.7 Å². The molecule has 0 spiro atoms. The van der Waals surface area contributed by atoms with Crippen molar-refractivity contribution in [1.29, 1.82) is 0 Å². The Hall–Kier alpha value is -3.22. The zero-order valence-corrected chi connectivity index (χ0v) is 23.4. The average molecular weight is 536 g/mol. The number of anilines is 1. The molecular formula is C32H42FN3O3. The Kier molecular flexibility index (Phi) is 10.1. The van der Waals surface area contributed by atoms with Gasteiger partial charge in [0.1, 0.15) is 5.82 Å². The van der Waals surface area contributed by atoms with E-state index >= 15 is 0 Å². The predicted molar refractivity (Wildman–Crippen MR) is 152 cm³/mol. The Morgan fingerprint density at radius 1 is 0.949 bits per heavy atom. The van der Waals surface area contributed by atoms with Gasteiger partial charge >= 0.3 is 0 Å². The van der Waals surface area contributed by atoms with Gasteiger partial charge in [0.2, 0.25) is 17.7 Å². The lowest BCUT2D eigenvalue weighted by Gasteiger charge is -2.31. The Morgan fingerprint density at radius 3 is 2.38 bits per heavy atom. The van der Waals surface area contributed by atoms with E-state index in [0.717, 1.165) is 48.9 Å². The summed E-state index contributed by atoms with van der Waals surface area (Å²) >= 11 is 0. The van der Waals surface area contributed by atoms with Crippen molar-refractivity contribution in [2.75, 3.05) is 31.1 Å². The second-order valence-electron chi connectivity index (χ2n) is 11.4. The number of para-hydroxylation sites is 1. The van der Waals surface area contributed by atoms with Crippen molar-refractivity contribution in [3.8, 4) is 0 Å². The van der Waals surface area contributed by atoms with Gasteiger partial charge in [-0.3, -0.25) is 14.4 Å². The summed E-state index contributed by atoms with van der Waals surface area (Å²) in [6.45, 7) is 6.82. The first-order chi connectivity index (χ1) is 18.8. The molecule has 0 saturated carbocycles. The molecule has 4 rings (SSSR count). The van der Waals surface area contributed by atoms with Gasteiger partial charge in [-0.25, -0.2) is 4.39 Å². The number of carbonyl (C=O) groups excluding carboxylic acids is 3. The molecule has 1 unspecified atom stereocenters. The highest BCUT2D eigenvalue weighted by atomic mass is 19.1. The molecule has 0 radical (unpaired) electrons. The van der Waals surface area contributed by atoms with Crippen molar-refractivity contribution in [3.63, 3.8) is 0 Å². The first-order valence-corrected chi connectivity index (χ1v) is 14.5. The zero-order chi connectivity index (χ0) is 27.8. The maximum absolute atomic E-state index is 13.8. The lowest BCUT2D eigenvalue weighted by atomic mass is 10.0. The van der Waals surface area contributed by atoms with Gasteiger partial charge in [0.05, 0.1) is 5.92 Å². The molecule has 2 aliphatic rings. The van der Waals surface area contributed by atoms with Gasteiger partial charge in [0.15, 0.2) is 0 Å². The number of fused-ring (bicyclic) bond motifs is 1. The van der Waals surface area contributed by atoms with E-state index in [1.165, 1.54) is 12.1 Å². The fourth-order valence-electron chi connectivity index (χ4n) is 5.65. The summed E-state index contributed by atoms with van der Waals surface area (Å²) in [5.41, 5.74) is 2.83. The van der Waals surface area contributed by atoms with Crippen LogP contribution in [0.15, 0.2) is 48.5 Å². The van der Waals surface area contributed by atoms with E-state index in [9.17, 15) is 18.8 Å². The van der Waals surface area contributed by atoms with Crippen molar-refractivity contribution in [2.45, 2.75) is 71.8 Å². The zero-order valence-electron chi connectivity index (χ0n) is 23.4. The molecule has 210 valence electrons. The smallest absolute Gasteiger partial charge is 0.228 e. The number of nitrogens with zero attached hydrogens (tertiary/aromatic N) is 3. The van der Waals surface area contributed by atoms with Crippen LogP contribution in [0.25, 0.3) is 0 Å². The Labute approximate surface area is 232 Å². The van der Waals surface area contributed by atoms with E-state index < -0.39 is 0 Å². The Morgan fingerprint density at radius 2 is 1.64 bits per heavy atom. The van der Waals surface area contributed by atoms with E-state index in [4.69, 9.17) is 0 Å². The quantitative estimate of drug-likeness (QED) is 0.485. The molecule has 0 N–H and O–H groups in total. The normalized spacial score (nSPS) is 19.0. The molecule has 2 aromatic rings. The molecule has 2 heterocycles. The van der Waals surface area contributed by atoms with Crippen LogP contribution in [0.4, 0.5) is 10.1 Å². The molecule has 1 saturated heterocycles. The van der Waals surface area contributed by atoms with Crippen LogP contribution in [0.5, 0.6) is 0 Å². The molecular weight excluding hydrogens is 493 g/mol. The molecule has 2 aliphatic heterocycles. The number of halogens is 1. The van der Waals surface area contributed by atoms with Crippen LogP contribution in [0.3, 0.4) is 0 Å². The highest BCUT2D eigenvalue weighted by molar-refractivity contribution is 5.94. The summed E-state index contributed by atoms with van der Waals surface area (Å²) < 4.78 is 13.2. The monoisotopic (exact) mass is 535 g/mol. The summed E-state index contributed by atoms with van der Waals surface area (Å²) in [4.78, 5) is 45.5. The van der Waals surface area contributed by atoms with E-state index in [1.54, 1.807) is 17.0 Å². The third-order valence-corrected chi connectivity index (χ3v) is 7.80. The molecule has 1 fully saturated rings. The lowest BCUT2D eigenvalue weighted by Crippen LogP contribution is -2.39. The van der Waals surface area contributed by atoms with Gasteiger partial charge in [-0.2, -0.15) is 0 Å². The van der Waals surface area contributed by atoms with Crippen LogP contribution >= 0.6 is 0 Å². The van der Waals surface area contributed by atoms with Crippen molar-refractivity contribution < 1.29 is 18.8 Å². The van der Waals surface area contributed by atoms with Gasteiger partial charge in [0, 0.05) is 51.3 Å². The third kappa shape index (κ3) is 7.90. The Balaban J connectivity index is 1.48. The molecule has 0 aliphatic carbocycles. The van der Waals surface area contributed by atoms with Crippen LogP contribution in [-0.2, 0) is 27.3 Å². The van der Waals surface area contributed by atoms with Crippen LogP contribution in [0.2, 0.25) is 0 Å². The van der Waals surface area contributed by atoms with Gasteiger partial charge < -0.3 is 14.7 Å². The van der Waals surface area contributed by atoms with Gasteiger partial charge in [-0.1, -0.05) is 63.4 Å². The number of hydrogen-bond acceptors (Lipinski definition) is 3. The number of carbonyl (C=O) groups is 3. The SMILES string of the molecule is CC(C)CC(=O)N1CCCCCCCN(C(=O)C2CC(=O)N(CCc3ccc(F)cc3)C2)Cc2ccccc21.